The molecule has 6 nitrogen and oxygen atoms in total. The number of aliphatic imine (C=N–C) groups is 1. The smallest absolute Gasteiger partial charge is 0.193 e. The van der Waals surface area contributed by atoms with Crippen molar-refractivity contribution in [3.8, 4) is 0 Å². The molecule has 0 spiro atoms. The summed E-state index contributed by atoms with van der Waals surface area (Å²) in [5, 5.41) is 3.20. The van der Waals surface area contributed by atoms with Gasteiger partial charge in [0.25, 0.3) is 0 Å². The number of likely N-dealkylation sites (tertiary alicyclic amines) is 2. The fraction of sp³-hybridized carbons (Fsp3) is 0.933. The van der Waals surface area contributed by atoms with Crippen molar-refractivity contribution in [2.24, 2.45) is 4.99 Å². The Kier molecular flexibility index (Phi) is 6.50. The van der Waals surface area contributed by atoms with Gasteiger partial charge in [0.1, 0.15) is 0 Å². The summed E-state index contributed by atoms with van der Waals surface area (Å²) in [5.41, 5.74) is 0. The van der Waals surface area contributed by atoms with Crippen molar-refractivity contribution in [1.29, 1.82) is 0 Å². The predicted octanol–water partition coefficient (Wildman–Crippen LogP) is 0.557. The summed E-state index contributed by atoms with van der Waals surface area (Å²) in [7, 11) is -1.15. The Morgan fingerprint density at radius 2 is 1.95 bits per heavy atom. The zero-order valence-electron chi connectivity index (χ0n) is 13.9. The van der Waals surface area contributed by atoms with Crippen LogP contribution in [0.3, 0.4) is 0 Å². The first-order chi connectivity index (χ1) is 10.6. The molecule has 1 unspecified atom stereocenters. The molecule has 0 aromatic rings. The molecule has 0 aromatic heterocycles. The van der Waals surface area contributed by atoms with E-state index in [1.54, 1.807) is 14.0 Å². The maximum atomic E-state index is 11.5. The van der Waals surface area contributed by atoms with E-state index >= 15 is 0 Å². The Morgan fingerprint density at radius 3 is 2.59 bits per heavy atom. The second-order valence-corrected chi connectivity index (χ2v) is 8.67. The number of piperidine rings is 1. The van der Waals surface area contributed by atoms with Crippen LogP contribution in [0.4, 0.5) is 0 Å². The zero-order valence-corrected chi connectivity index (χ0v) is 14.7. The molecule has 0 bridgehead atoms. The molecule has 2 saturated heterocycles. The third-order valence-electron chi connectivity index (χ3n) is 4.72. The van der Waals surface area contributed by atoms with E-state index in [9.17, 15) is 8.42 Å². The summed E-state index contributed by atoms with van der Waals surface area (Å²) in [6, 6.07) is 0.623. The van der Waals surface area contributed by atoms with Crippen LogP contribution >= 0.6 is 0 Å². The lowest BCUT2D eigenvalue weighted by molar-refractivity contribution is 0.168. The number of hydrogen-bond acceptors (Lipinski definition) is 4. The molecule has 0 aliphatic carbocycles. The van der Waals surface area contributed by atoms with Gasteiger partial charge in [0.15, 0.2) is 15.8 Å². The lowest BCUT2D eigenvalue weighted by Gasteiger charge is -2.32. The Morgan fingerprint density at radius 1 is 1.23 bits per heavy atom. The minimum absolute atomic E-state index is 0.173. The van der Waals surface area contributed by atoms with Crippen LogP contribution in [0.1, 0.15) is 32.6 Å². The third-order valence-corrected chi connectivity index (χ3v) is 6.42. The average Bonchev–Trinajstić information content (AvgIpc) is 3.02. The molecule has 2 aliphatic heterocycles. The molecular formula is C15H30N4O2S. The highest BCUT2D eigenvalue weighted by Gasteiger charge is 2.29. The molecule has 0 radical (unpaired) electrons. The van der Waals surface area contributed by atoms with Gasteiger partial charge in [0, 0.05) is 38.5 Å². The van der Waals surface area contributed by atoms with Gasteiger partial charge in [-0.3, -0.25) is 9.89 Å². The fourth-order valence-corrected chi connectivity index (χ4v) is 4.01. The molecular weight excluding hydrogens is 300 g/mol. The van der Waals surface area contributed by atoms with Gasteiger partial charge in [0.2, 0.25) is 0 Å². The number of guanidine groups is 1. The van der Waals surface area contributed by atoms with Gasteiger partial charge >= 0.3 is 0 Å². The van der Waals surface area contributed by atoms with Crippen LogP contribution in [0.25, 0.3) is 0 Å². The number of sulfone groups is 1. The van der Waals surface area contributed by atoms with Gasteiger partial charge in [-0.1, -0.05) is 13.3 Å². The molecule has 1 atom stereocenters. The Labute approximate surface area is 134 Å². The SMILES string of the molecule is CCS(=O)(=O)CCNC(=NC)N1CCC(N2CCCCC2)C1. The Balaban J connectivity index is 1.80. The maximum Gasteiger partial charge on any atom is 0.193 e. The summed E-state index contributed by atoms with van der Waals surface area (Å²) in [4.78, 5) is 9.18. The monoisotopic (exact) mass is 330 g/mol. The topological polar surface area (TPSA) is 65.0 Å². The lowest BCUT2D eigenvalue weighted by atomic mass is 10.1. The quantitative estimate of drug-likeness (QED) is 0.589. The minimum atomic E-state index is -2.92. The maximum absolute atomic E-state index is 11.5. The zero-order chi connectivity index (χ0) is 16.0. The van der Waals surface area contributed by atoms with E-state index in [0.29, 0.717) is 12.6 Å². The lowest BCUT2D eigenvalue weighted by Crippen LogP contribution is -2.45. The summed E-state index contributed by atoms with van der Waals surface area (Å²) in [6.45, 7) is 6.57. The second kappa shape index (κ2) is 8.15. The van der Waals surface area contributed by atoms with Gasteiger partial charge in [-0.15, -0.1) is 0 Å². The van der Waals surface area contributed by atoms with Gasteiger partial charge in [-0.25, -0.2) is 8.42 Å². The van der Waals surface area contributed by atoms with Crippen LogP contribution in [-0.4, -0.2) is 81.5 Å². The van der Waals surface area contributed by atoms with E-state index in [1.807, 2.05) is 0 Å². The van der Waals surface area contributed by atoms with Gasteiger partial charge in [0.05, 0.1) is 5.75 Å². The Bertz CT molecular complexity index is 472. The number of nitrogens with zero attached hydrogens (tertiary/aromatic N) is 3. The standard InChI is InChI=1S/C15H30N4O2S/c1-3-22(20,21)12-8-17-15(16-2)19-11-7-14(13-19)18-9-5-4-6-10-18/h14H,3-13H2,1-2H3,(H,16,17). The van der Waals surface area contributed by atoms with E-state index in [4.69, 9.17) is 0 Å². The fourth-order valence-electron chi connectivity index (χ4n) is 3.31. The van der Waals surface area contributed by atoms with Crippen molar-refractivity contribution in [3.05, 3.63) is 0 Å². The van der Waals surface area contributed by atoms with Gasteiger partial charge in [-0.2, -0.15) is 0 Å². The molecule has 22 heavy (non-hydrogen) atoms. The van der Waals surface area contributed by atoms with Gasteiger partial charge < -0.3 is 10.2 Å². The Hall–Kier alpha value is -0.820. The number of hydrogen-bond donors (Lipinski definition) is 1. The number of rotatable bonds is 5. The van der Waals surface area contributed by atoms with Crippen molar-refractivity contribution in [1.82, 2.24) is 15.1 Å². The molecule has 2 rings (SSSR count). The van der Waals surface area contributed by atoms with Crippen molar-refractivity contribution >= 4 is 15.8 Å². The van der Waals surface area contributed by atoms with Crippen molar-refractivity contribution in [2.75, 3.05) is 51.3 Å². The highest BCUT2D eigenvalue weighted by atomic mass is 32.2. The number of nitrogens with one attached hydrogen (secondary N) is 1. The molecule has 0 amide bonds. The van der Waals surface area contributed by atoms with E-state index < -0.39 is 9.84 Å². The first-order valence-corrected chi connectivity index (χ1v) is 10.3. The first-order valence-electron chi connectivity index (χ1n) is 8.46. The predicted molar refractivity (Wildman–Crippen MR) is 91.1 cm³/mol. The molecule has 128 valence electrons. The van der Waals surface area contributed by atoms with Crippen molar-refractivity contribution in [2.45, 2.75) is 38.6 Å². The van der Waals surface area contributed by atoms with Crippen LogP contribution in [0, 0.1) is 0 Å². The average molecular weight is 330 g/mol. The molecule has 0 aromatic carbocycles. The van der Waals surface area contributed by atoms with E-state index in [1.165, 1.54) is 38.8 Å². The highest BCUT2D eigenvalue weighted by molar-refractivity contribution is 7.91. The summed E-state index contributed by atoms with van der Waals surface area (Å²) < 4.78 is 23.1. The summed E-state index contributed by atoms with van der Waals surface area (Å²) >= 11 is 0. The van der Waals surface area contributed by atoms with Crippen molar-refractivity contribution < 1.29 is 8.42 Å². The normalized spacial score (nSPS) is 24.7. The van der Waals surface area contributed by atoms with Crippen molar-refractivity contribution in [3.63, 3.8) is 0 Å². The largest absolute Gasteiger partial charge is 0.355 e. The van der Waals surface area contributed by atoms with E-state index in [0.717, 1.165) is 19.0 Å². The van der Waals surface area contributed by atoms with Crippen LogP contribution in [0.15, 0.2) is 4.99 Å². The molecule has 2 heterocycles. The third kappa shape index (κ3) is 4.84. The molecule has 0 saturated carbocycles. The van der Waals surface area contributed by atoms with Gasteiger partial charge in [-0.05, 0) is 32.4 Å². The highest BCUT2D eigenvalue weighted by Crippen LogP contribution is 2.20. The molecule has 2 aliphatic rings. The van der Waals surface area contributed by atoms with Crippen LogP contribution < -0.4 is 5.32 Å². The summed E-state index contributed by atoms with van der Waals surface area (Å²) in [6.07, 6.45) is 5.17. The minimum Gasteiger partial charge on any atom is -0.355 e. The van der Waals surface area contributed by atoms with Crippen LogP contribution in [-0.2, 0) is 9.84 Å². The van der Waals surface area contributed by atoms with Crippen LogP contribution in [0.5, 0.6) is 0 Å². The molecule has 1 N–H and O–H groups in total. The van der Waals surface area contributed by atoms with E-state index in [-0.39, 0.29) is 11.5 Å². The van der Waals surface area contributed by atoms with Crippen LogP contribution in [0.2, 0.25) is 0 Å². The second-order valence-electron chi connectivity index (χ2n) is 6.20. The van der Waals surface area contributed by atoms with E-state index in [2.05, 4.69) is 20.1 Å². The molecule has 2 fully saturated rings. The summed E-state index contributed by atoms with van der Waals surface area (Å²) in [5.74, 6) is 1.21. The first kappa shape index (κ1) is 17.5. The molecule has 7 heteroatoms.